The Labute approximate surface area is 160 Å². The predicted octanol–water partition coefficient (Wildman–Crippen LogP) is 1.24. The van der Waals surface area contributed by atoms with E-state index in [1.807, 2.05) is 0 Å². The lowest BCUT2D eigenvalue weighted by Gasteiger charge is -2.20. The average molecular weight is 383 g/mol. The van der Waals surface area contributed by atoms with E-state index in [0.29, 0.717) is 16.9 Å². The van der Waals surface area contributed by atoms with Crippen molar-refractivity contribution in [2.24, 2.45) is 10.8 Å². The van der Waals surface area contributed by atoms with Crippen molar-refractivity contribution in [1.82, 2.24) is 5.32 Å². The number of benzene rings is 2. The Morgan fingerprint density at radius 2 is 1.79 bits per heavy atom. The number of primary amides is 1. The Morgan fingerprint density at radius 3 is 2.43 bits per heavy atom. The molecule has 3 amide bonds. The summed E-state index contributed by atoms with van der Waals surface area (Å²) in [6, 6.07) is 11.0. The van der Waals surface area contributed by atoms with Crippen LogP contribution in [-0.2, 0) is 9.59 Å². The molecular weight excluding hydrogens is 365 g/mol. The van der Waals surface area contributed by atoms with E-state index in [-0.39, 0.29) is 18.0 Å². The van der Waals surface area contributed by atoms with Crippen LogP contribution in [-0.4, -0.2) is 36.5 Å². The van der Waals surface area contributed by atoms with Gasteiger partial charge in [-0.1, -0.05) is 12.1 Å². The summed E-state index contributed by atoms with van der Waals surface area (Å²) in [7, 11) is 1.49. The predicted molar refractivity (Wildman–Crippen MR) is 102 cm³/mol. The number of nitrogens with zero attached hydrogens (tertiary/aromatic N) is 2. The number of rotatable bonds is 5. The number of halogens is 1. The summed E-state index contributed by atoms with van der Waals surface area (Å²) in [6.07, 6.45) is -0.0132. The van der Waals surface area contributed by atoms with Gasteiger partial charge in [0.05, 0.1) is 16.9 Å². The van der Waals surface area contributed by atoms with Gasteiger partial charge in [0.25, 0.3) is 11.8 Å². The number of para-hydroxylation sites is 1. The van der Waals surface area contributed by atoms with Crippen molar-refractivity contribution in [3.63, 3.8) is 0 Å². The lowest BCUT2D eigenvalue weighted by molar-refractivity contribution is -0.119. The molecule has 144 valence electrons. The molecule has 1 atom stereocenters. The van der Waals surface area contributed by atoms with Crippen LogP contribution in [0.15, 0.2) is 53.6 Å². The summed E-state index contributed by atoms with van der Waals surface area (Å²) >= 11 is 0. The molecule has 8 nitrogen and oxygen atoms in total. The molecule has 0 spiro atoms. The molecule has 0 fully saturated rings. The summed E-state index contributed by atoms with van der Waals surface area (Å²) in [5, 5.41) is 10.6. The largest absolute Gasteiger partial charge is 0.368 e. The molecule has 1 aliphatic heterocycles. The number of nitrogens with two attached hydrogens (primary N) is 1. The molecule has 28 heavy (non-hydrogen) atoms. The maximum Gasteiger partial charge on any atom is 0.271 e. The second-order valence-electron chi connectivity index (χ2n) is 6.07. The summed E-state index contributed by atoms with van der Waals surface area (Å²) in [4.78, 5) is 36.4. The van der Waals surface area contributed by atoms with Gasteiger partial charge in [-0.15, -0.1) is 0 Å². The number of hydrazone groups is 1. The highest BCUT2D eigenvalue weighted by molar-refractivity contribution is 6.44. The summed E-state index contributed by atoms with van der Waals surface area (Å²) in [5.74, 6) is -2.02. The van der Waals surface area contributed by atoms with Crippen molar-refractivity contribution in [2.45, 2.75) is 12.5 Å². The smallest absolute Gasteiger partial charge is 0.271 e. The standard InChI is InChI=1S/C19H18FN5O3/c1-22-18(27)13-4-2-3-5-14(13)23-19(28)15-10-16(17(21)26)25(24-15)12-8-6-11(20)7-9-12/h2-9,16H,10H2,1H3,(H2,21,26)(H,22,27)(H,23,28). The third-order valence-electron chi connectivity index (χ3n) is 4.24. The topological polar surface area (TPSA) is 117 Å². The van der Waals surface area contributed by atoms with E-state index in [2.05, 4.69) is 15.7 Å². The van der Waals surface area contributed by atoms with Crippen molar-refractivity contribution < 1.29 is 18.8 Å². The van der Waals surface area contributed by atoms with Crippen LogP contribution in [0, 0.1) is 5.82 Å². The summed E-state index contributed by atoms with van der Waals surface area (Å²) in [5.41, 5.74) is 6.54. The Bertz CT molecular complexity index is 958. The molecule has 4 N–H and O–H groups in total. The minimum Gasteiger partial charge on any atom is -0.368 e. The molecule has 2 aromatic carbocycles. The van der Waals surface area contributed by atoms with E-state index in [4.69, 9.17) is 5.73 Å². The fraction of sp³-hybridized carbons (Fsp3) is 0.158. The molecule has 0 bridgehead atoms. The third kappa shape index (κ3) is 3.83. The van der Waals surface area contributed by atoms with Crippen molar-refractivity contribution in [2.75, 3.05) is 17.4 Å². The molecule has 3 rings (SSSR count). The molecule has 0 saturated heterocycles. The average Bonchev–Trinajstić information content (AvgIpc) is 3.14. The summed E-state index contributed by atoms with van der Waals surface area (Å²) in [6.45, 7) is 0. The van der Waals surface area contributed by atoms with Gasteiger partial charge < -0.3 is 16.4 Å². The van der Waals surface area contributed by atoms with Crippen LogP contribution in [0.5, 0.6) is 0 Å². The first-order chi connectivity index (χ1) is 13.4. The number of carbonyl (C=O) groups is 3. The van der Waals surface area contributed by atoms with Gasteiger partial charge in [-0.25, -0.2) is 4.39 Å². The first-order valence-corrected chi connectivity index (χ1v) is 8.44. The first-order valence-electron chi connectivity index (χ1n) is 8.44. The second-order valence-corrected chi connectivity index (χ2v) is 6.07. The third-order valence-corrected chi connectivity index (χ3v) is 4.24. The van der Waals surface area contributed by atoms with E-state index < -0.39 is 23.7 Å². The molecule has 1 heterocycles. The van der Waals surface area contributed by atoms with Crippen LogP contribution < -0.4 is 21.4 Å². The molecule has 0 radical (unpaired) electrons. The van der Waals surface area contributed by atoms with Gasteiger partial charge in [-0.05, 0) is 36.4 Å². The van der Waals surface area contributed by atoms with Gasteiger partial charge in [0.1, 0.15) is 17.6 Å². The van der Waals surface area contributed by atoms with Gasteiger partial charge in [0, 0.05) is 13.5 Å². The van der Waals surface area contributed by atoms with Crippen LogP contribution in [0.4, 0.5) is 15.8 Å². The molecule has 0 saturated carbocycles. The zero-order chi connectivity index (χ0) is 20.3. The number of nitrogens with one attached hydrogen (secondary N) is 2. The van der Waals surface area contributed by atoms with Gasteiger partial charge in [0.15, 0.2) is 0 Å². The second kappa shape index (κ2) is 7.87. The molecule has 1 aliphatic rings. The highest BCUT2D eigenvalue weighted by Crippen LogP contribution is 2.25. The molecule has 2 aromatic rings. The van der Waals surface area contributed by atoms with Gasteiger partial charge >= 0.3 is 0 Å². The van der Waals surface area contributed by atoms with E-state index in [1.165, 1.54) is 36.3 Å². The lowest BCUT2D eigenvalue weighted by Crippen LogP contribution is -2.39. The SMILES string of the molecule is CNC(=O)c1ccccc1NC(=O)C1=NN(c2ccc(F)cc2)C(C(N)=O)C1. The van der Waals surface area contributed by atoms with Crippen LogP contribution in [0.2, 0.25) is 0 Å². The Balaban J connectivity index is 1.86. The van der Waals surface area contributed by atoms with Crippen molar-refractivity contribution in [3.8, 4) is 0 Å². The van der Waals surface area contributed by atoms with E-state index in [0.717, 1.165) is 0 Å². The van der Waals surface area contributed by atoms with Crippen molar-refractivity contribution in [3.05, 3.63) is 59.9 Å². The fourth-order valence-corrected chi connectivity index (χ4v) is 2.82. The molecule has 0 aliphatic carbocycles. The highest BCUT2D eigenvalue weighted by Gasteiger charge is 2.35. The Hall–Kier alpha value is -3.75. The normalized spacial score (nSPS) is 15.7. The minimum absolute atomic E-state index is 0.0132. The molecule has 0 aromatic heterocycles. The Kier molecular flexibility index (Phi) is 5.35. The quantitative estimate of drug-likeness (QED) is 0.720. The van der Waals surface area contributed by atoms with Gasteiger partial charge in [-0.2, -0.15) is 5.10 Å². The molecular formula is C19H18FN5O3. The van der Waals surface area contributed by atoms with Crippen LogP contribution >= 0.6 is 0 Å². The number of amides is 3. The lowest BCUT2D eigenvalue weighted by atomic mass is 10.1. The van der Waals surface area contributed by atoms with E-state index in [1.54, 1.807) is 24.3 Å². The van der Waals surface area contributed by atoms with Crippen molar-refractivity contribution in [1.29, 1.82) is 0 Å². The Morgan fingerprint density at radius 1 is 1.11 bits per heavy atom. The number of hydrogen-bond donors (Lipinski definition) is 3. The molecule has 1 unspecified atom stereocenters. The molecule has 9 heteroatoms. The van der Waals surface area contributed by atoms with Crippen molar-refractivity contribution >= 4 is 34.8 Å². The number of hydrogen-bond acceptors (Lipinski definition) is 5. The van der Waals surface area contributed by atoms with Crippen LogP contribution in [0.1, 0.15) is 16.8 Å². The maximum absolute atomic E-state index is 13.2. The summed E-state index contributed by atoms with van der Waals surface area (Å²) < 4.78 is 13.2. The monoisotopic (exact) mass is 383 g/mol. The van der Waals surface area contributed by atoms with E-state index >= 15 is 0 Å². The zero-order valence-corrected chi connectivity index (χ0v) is 15.0. The maximum atomic E-state index is 13.2. The van der Waals surface area contributed by atoms with Crippen LogP contribution in [0.3, 0.4) is 0 Å². The zero-order valence-electron chi connectivity index (χ0n) is 15.0. The number of anilines is 2. The minimum atomic E-state index is -0.875. The number of carbonyl (C=O) groups excluding carboxylic acids is 3. The van der Waals surface area contributed by atoms with Gasteiger partial charge in [0.2, 0.25) is 5.91 Å². The highest BCUT2D eigenvalue weighted by atomic mass is 19.1. The fourth-order valence-electron chi connectivity index (χ4n) is 2.82. The first kappa shape index (κ1) is 19.0. The van der Waals surface area contributed by atoms with Gasteiger partial charge in [-0.3, -0.25) is 19.4 Å². The van der Waals surface area contributed by atoms with Crippen LogP contribution in [0.25, 0.3) is 0 Å². The van der Waals surface area contributed by atoms with E-state index in [9.17, 15) is 18.8 Å².